The number of benzene rings is 1. The number of likely N-dealkylation sites (tertiary alicyclic amines) is 1. The van der Waals surface area contributed by atoms with Crippen LogP contribution in [0.4, 0.5) is 8.78 Å². The van der Waals surface area contributed by atoms with E-state index in [4.69, 9.17) is 5.11 Å². The van der Waals surface area contributed by atoms with Crippen LogP contribution in [0.3, 0.4) is 0 Å². The van der Waals surface area contributed by atoms with Gasteiger partial charge in [-0.1, -0.05) is 0 Å². The first-order valence-corrected chi connectivity index (χ1v) is 5.88. The predicted octanol–water partition coefficient (Wildman–Crippen LogP) is 1.82. The van der Waals surface area contributed by atoms with E-state index in [1.165, 1.54) is 11.8 Å². The minimum atomic E-state index is -0.967. The van der Waals surface area contributed by atoms with Crippen molar-refractivity contribution in [3.63, 3.8) is 0 Å². The molecule has 6 heteroatoms. The van der Waals surface area contributed by atoms with Crippen LogP contribution in [-0.2, 0) is 4.79 Å². The molecule has 0 radical (unpaired) electrons. The highest BCUT2D eigenvalue weighted by atomic mass is 19.1. The first kappa shape index (κ1) is 13.5. The summed E-state index contributed by atoms with van der Waals surface area (Å²) in [5, 5.41) is 8.86. The van der Waals surface area contributed by atoms with Gasteiger partial charge in [-0.15, -0.1) is 0 Å². The van der Waals surface area contributed by atoms with Crippen LogP contribution >= 0.6 is 0 Å². The summed E-state index contributed by atoms with van der Waals surface area (Å²) in [6.07, 6.45) is 0.350. The van der Waals surface area contributed by atoms with Crippen molar-refractivity contribution in [3.8, 4) is 0 Å². The minimum absolute atomic E-state index is 0.0596. The third-order valence-electron chi connectivity index (χ3n) is 3.30. The number of aryl methyl sites for hydroxylation is 1. The van der Waals surface area contributed by atoms with Gasteiger partial charge in [-0.05, 0) is 25.0 Å². The fourth-order valence-corrected chi connectivity index (χ4v) is 2.14. The lowest BCUT2D eigenvalue weighted by Gasteiger charge is -2.16. The van der Waals surface area contributed by atoms with Gasteiger partial charge in [-0.3, -0.25) is 9.59 Å². The minimum Gasteiger partial charge on any atom is -0.481 e. The molecule has 1 unspecified atom stereocenters. The fourth-order valence-electron chi connectivity index (χ4n) is 2.14. The molecule has 0 aromatic heterocycles. The molecule has 1 fully saturated rings. The number of carbonyl (C=O) groups is 2. The van der Waals surface area contributed by atoms with Crippen molar-refractivity contribution in [1.29, 1.82) is 0 Å². The number of carboxylic acids is 1. The molecule has 1 saturated heterocycles. The summed E-state index contributed by atoms with van der Waals surface area (Å²) in [7, 11) is 0. The third kappa shape index (κ3) is 2.57. The van der Waals surface area contributed by atoms with E-state index in [-0.39, 0.29) is 24.2 Å². The summed E-state index contributed by atoms with van der Waals surface area (Å²) in [5.41, 5.74) is -0.0383. The standard InChI is InChI=1S/C13H13F2NO3/c1-7-4-9(11(15)5-10(7)14)12(17)16-3-2-8(6-16)13(18)19/h4-5,8H,2-3,6H2,1H3,(H,18,19). The van der Waals surface area contributed by atoms with Gasteiger partial charge in [-0.2, -0.15) is 0 Å². The predicted molar refractivity (Wildman–Crippen MR) is 62.7 cm³/mol. The molecule has 1 aliphatic rings. The molecule has 0 bridgehead atoms. The Bertz CT molecular complexity index is 545. The number of carbonyl (C=O) groups excluding carboxylic acids is 1. The quantitative estimate of drug-likeness (QED) is 0.891. The van der Waals surface area contributed by atoms with Crippen LogP contribution in [0.25, 0.3) is 0 Å². The van der Waals surface area contributed by atoms with Crippen molar-refractivity contribution >= 4 is 11.9 Å². The second-order valence-corrected chi connectivity index (χ2v) is 4.66. The van der Waals surface area contributed by atoms with E-state index >= 15 is 0 Å². The average molecular weight is 269 g/mol. The highest BCUT2D eigenvalue weighted by molar-refractivity contribution is 5.95. The Morgan fingerprint density at radius 1 is 1.32 bits per heavy atom. The average Bonchev–Trinajstić information content (AvgIpc) is 2.82. The molecule has 1 heterocycles. The van der Waals surface area contributed by atoms with Gasteiger partial charge in [0.1, 0.15) is 11.6 Å². The normalized spacial score (nSPS) is 18.7. The number of rotatable bonds is 2. The first-order chi connectivity index (χ1) is 8.90. The van der Waals surface area contributed by atoms with E-state index in [0.29, 0.717) is 12.5 Å². The summed E-state index contributed by atoms with van der Waals surface area (Å²) >= 11 is 0. The van der Waals surface area contributed by atoms with Crippen LogP contribution in [0.2, 0.25) is 0 Å². The first-order valence-electron chi connectivity index (χ1n) is 5.88. The summed E-state index contributed by atoms with van der Waals surface area (Å²) < 4.78 is 26.7. The second-order valence-electron chi connectivity index (χ2n) is 4.66. The highest BCUT2D eigenvalue weighted by Crippen LogP contribution is 2.21. The number of amides is 1. The monoisotopic (exact) mass is 269 g/mol. The van der Waals surface area contributed by atoms with Crippen molar-refractivity contribution in [1.82, 2.24) is 4.90 Å². The second kappa shape index (κ2) is 4.95. The molecule has 0 aliphatic carbocycles. The molecule has 4 nitrogen and oxygen atoms in total. The Morgan fingerprint density at radius 2 is 2.00 bits per heavy atom. The topological polar surface area (TPSA) is 57.6 Å². The molecular weight excluding hydrogens is 256 g/mol. The van der Waals surface area contributed by atoms with Crippen LogP contribution < -0.4 is 0 Å². The van der Waals surface area contributed by atoms with Gasteiger partial charge in [-0.25, -0.2) is 8.78 Å². The molecule has 0 spiro atoms. The Kier molecular flexibility index (Phi) is 3.50. The van der Waals surface area contributed by atoms with Gasteiger partial charge in [0, 0.05) is 19.2 Å². The molecule has 1 aromatic carbocycles. The molecule has 19 heavy (non-hydrogen) atoms. The van der Waals surface area contributed by atoms with Gasteiger partial charge >= 0.3 is 5.97 Å². The lowest BCUT2D eigenvalue weighted by molar-refractivity contribution is -0.141. The van der Waals surface area contributed by atoms with Crippen molar-refractivity contribution < 1.29 is 23.5 Å². The molecule has 1 aliphatic heterocycles. The van der Waals surface area contributed by atoms with Crippen LogP contribution in [0.1, 0.15) is 22.3 Å². The summed E-state index contributed by atoms with van der Waals surface area (Å²) in [4.78, 5) is 24.2. The number of nitrogens with zero attached hydrogens (tertiary/aromatic N) is 1. The van der Waals surface area contributed by atoms with E-state index < -0.39 is 29.4 Å². The number of hydrogen-bond acceptors (Lipinski definition) is 2. The van der Waals surface area contributed by atoms with E-state index in [9.17, 15) is 18.4 Å². The van der Waals surface area contributed by atoms with Gasteiger partial charge < -0.3 is 10.0 Å². The van der Waals surface area contributed by atoms with E-state index in [1.807, 2.05) is 0 Å². The Labute approximate surface area is 108 Å². The third-order valence-corrected chi connectivity index (χ3v) is 3.30. The molecular formula is C13H13F2NO3. The molecule has 0 saturated carbocycles. The molecule has 1 amide bonds. The zero-order valence-corrected chi connectivity index (χ0v) is 10.3. The van der Waals surface area contributed by atoms with Gasteiger partial charge in [0.15, 0.2) is 0 Å². The molecule has 102 valence electrons. The summed E-state index contributed by atoms with van der Waals surface area (Å²) in [6.45, 7) is 1.77. The molecule has 1 aromatic rings. The molecule has 1 atom stereocenters. The van der Waals surface area contributed by atoms with Gasteiger partial charge in [0.2, 0.25) is 0 Å². The fraction of sp³-hybridized carbons (Fsp3) is 0.385. The van der Waals surface area contributed by atoms with E-state index in [0.717, 1.165) is 6.07 Å². The number of aliphatic carboxylic acids is 1. The Balaban J connectivity index is 2.22. The van der Waals surface area contributed by atoms with E-state index in [1.54, 1.807) is 0 Å². The van der Waals surface area contributed by atoms with Crippen LogP contribution in [0.15, 0.2) is 12.1 Å². The maximum atomic E-state index is 13.6. The van der Waals surface area contributed by atoms with Gasteiger partial charge in [0.05, 0.1) is 11.5 Å². The van der Waals surface area contributed by atoms with Crippen molar-refractivity contribution in [2.75, 3.05) is 13.1 Å². The lowest BCUT2D eigenvalue weighted by atomic mass is 10.1. The maximum absolute atomic E-state index is 13.6. The van der Waals surface area contributed by atoms with Crippen molar-refractivity contribution in [2.24, 2.45) is 5.92 Å². The maximum Gasteiger partial charge on any atom is 0.308 e. The number of halogens is 2. The van der Waals surface area contributed by atoms with Gasteiger partial charge in [0.25, 0.3) is 5.91 Å². The lowest BCUT2D eigenvalue weighted by Crippen LogP contribution is -2.30. The zero-order chi connectivity index (χ0) is 14.2. The Hall–Kier alpha value is -1.98. The SMILES string of the molecule is Cc1cc(C(=O)N2CCC(C(=O)O)C2)c(F)cc1F. The smallest absolute Gasteiger partial charge is 0.308 e. The van der Waals surface area contributed by atoms with Crippen LogP contribution in [-0.4, -0.2) is 35.0 Å². The zero-order valence-electron chi connectivity index (χ0n) is 10.3. The number of hydrogen-bond donors (Lipinski definition) is 1. The Morgan fingerprint density at radius 3 is 2.58 bits per heavy atom. The van der Waals surface area contributed by atoms with E-state index in [2.05, 4.69) is 0 Å². The van der Waals surface area contributed by atoms with Crippen molar-refractivity contribution in [3.05, 3.63) is 34.9 Å². The largest absolute Gasteiger partial charge is 0.481 e. The van der Waals surface area contributed by atoms with Crippen LogP contribution in [0.5, 0.6) is 0 Å². The number of carboxylic acid groups (broad SMARTS) is 1. The van der Waals surface area contributed by atoms with Crippen LogP contribution in [0, 0.1) is 24.5 Å². The highest BCUT2D eigenvalue weighted by Gasteiger charge is 2.32. The summed E-state index contributed by atoms with van der Waals surface area (Å²) in [5.74, 6) is -3.81. The molecule has 2 rings (SSSR count). The summed E-state index contributed by atoms with van der Waals surface area (Å²) in [6, 6.07) is 1.83. The molecule has 1 N–H and O–H groups in total. The van der Waals surface area contributed by atoms with Crippen molar-refractivity contribution in [2.45, 2.75) is 13.3 Å².